The van der Waals surface area contributed by atoms with E-state index < -0.39 is 0 Å². The first-order chi connectivity index (χ1) is 9.74. The van der Waals surface area contributed by atoms with Crippen LogP contribution in [0.2, 0.25) is 0 Å². The van der Waals surface area contributed by atoms with E-state index in [2.05, 4.69) is 10.3 Å². The van der Waals surface area contributed by atoms with Crippen LogP contribution in [0.25, 0.3) is 0 Å². The van der Waals surface area contributed by atoms with Crippen molar-refractivity contribution >= 4 is 5.91 Å². The van der Waals surface area contributed by atoms with Gasteiger partial charge in [-0.05, 0) is 24.9 Å². The van der Waals surface area contributed by atoms with E-state index >= 15 is 0 Å². The lowest BCUT2D eigenvalue weighted by Crippen LogP contribution is -2.45. The van der Waals surface area contributed by atoms with Gasteiger partial charge in [0.05, 0.1) is 12.0 Å². The number of piperidine rings is 1. The van der Waals surface area contributed by atoms with Crippen molar-refractivity contribution in [3.63, 3.8) is 0 Å². The number of benzene rings is 1. The largest absolute Gasteiger partial charge is 0.380 e. The van der Waals surface area contributed by atoms with Crippen LogP contribution in [0.3, 0.4) is 0 Å². The third-order valence-electron chi connectivity index (χ3n) is 3.90. The Hall–Kier alpha value is -1.43. The summed E-state index contributed by atoms with van der Waals surface area (Å²) in [6.45, 7) is 2.55. The third-order valence-corrected chi connectivity index (χ3v) is 3.90. The van der Waals surface area contributed by atoms with Crippen molar-refractivity contribution in [1.82, 2.24) is 10.3 Å². The number of likely N-dealkylation sites (tertiary alicyclic amines) is 1. The van der Waals surface area contributed by atoms with Crippen molar-refractivity contribution in [2.75, 3.05) is 26.7 Å². The SMILES string of the molecule is COC1CCCN(CC(C(=O)NN)c2ccccc2)C1. The molecule has 2 atom stereocenters. The summed E-state index contributed by atoms with van der Waals surface area (Å²) in [5.41, 5.74) is 3.28. The number of hydrazine groups is 1. The molecule has 1 fully saturated rings. The fourth-order valence-corrected chi connectivity index (χ4v) is 2.76. The molecule has 1 aromatic rings. The van der Waals surface area contributed by atoms with Crippen molar-refractivity contribution < 1.29 is 9.53 Å². The molecular weight excluding hydrogens is 254 g/mol. The number of carbonyl (C=O) groups excluding carboxylic acids is 1. The molecule has 1 saturated heterocycles. The van der Waals surface area contributed by atoms with E-state index in [0.717, 1.165) is 31.5 Å². The summed E-state index contributed by atoms with van der Waals surface area (Å²) in [5.74, 6) is 4.94. The van der Waals surface area contributed by atoms with Crippen LogP contribution in [0.15, 0.2) is 30.3 Å². The van der Waals surface area contributed by atoms with Gasteiger partial charge in [0.2, 0.25) is 5.91 Å². The predicted octanol–water partition coefficient (Wildman–Crippen LogP) is 0.871. The number of carbonyl (C=O) groups is 1. The number of nitrogens with one attached hydrogen (secondary N) is 1. The van der Waals surface area contributed by atoms with E-state index in [1.807, 2.05) is 30.3 Å². The van der Waals surface area contributed by atoms with Gasteiger partial charge in [-0.25, -0.2) is 5.84 Å². The smallest absolute Gasteiger partial charge is 0.242 e. The van der Waals surface area contributed by atoms with Gasteiger partial charge in [-0.1, -0.05) is 30.3 Å². The van der Waals surface area contributed by atoms with Crippen molar-refractivity contribution in [1.29, 1.82) is 0 Å². The van der Waals surface area contributed by atoms with Gasteiger partial charge in [-0.15, -0.1) is 0 Å². The number of rotatable bonds is 5. The zero-order valence-electron chi connectivity index (χ0n) is 11.9. The maximum Gasteiger partial charge on any atom is 0.242 e. The molecule has 5 nitrogen and oxygen atoms in total. The number of amides is 1. The van der Waals surface area contributed by atoms with Gasteiger partial charge in [0.25, 0.3) is 0 Å². The van der Waals surface area contributed by atoms with E-state index in [-0.39, 0.29) is 17.9 Å². The van der Waals surface area contributed by atoms with Gasteiger partial charge in [-0.2, -0.15) is 0 Å². The number of hydrogen-bond acceptors (Lipinski definition) is 4. The maximum absolute atomic E-state index is 12.0. The van der Waals surface area contributed by atoms with Crippen LogP contribution in [0.1, 0.15) is 24.3 Å². The molecule has 1 aliphatic heterocycles. The summed E-state index contributed by atoms with van der Waals surface area (Å²) in [6, 6.07) is 9.78. The highest BCUT2D eigenvalue weighted by molar-refractivity contribution is 5.83. The molecule has 20 heavy (non-hydrogen) atoms. The number of ether oxygens (including phenoxy) is 1. The topological polar surface area (TPSA) is 67.6 Å². The molecule has 110 valence electrons. The summed E-state index contributed by atoms with van der Waals surface area (Å²) < 4.78 is 5.43. The minimum absolute atomic E-state index is 0.143. The van der Waals surface area contributed by atoms with Crippen LogP contribution in [0, 0.1) is 0 Å². The molecule has 1 aliphatic rings. The average Bonchev–Trinajstić information content (AvgIpc) is 2.53. The van der Waals surface area contributed by atoms with E-state index in [0.29, 0.717) is 6.54 Å². The van der Waals surface area contributed by atoms with Crippen molar-refractivity contribution in [3.8, 4) is 0 Å². The highest BCUT2D eigenvalue weighted by atomic mass is 16.5. The van der Waals surface area contributed by atoms with Crippen molar-refractivity contribution in [3.05, 3.63) is 35.9 Å². The van der Waals surface area contributed by atoms with E-state index in [4.69, 9.17) is 10.6 Å². The Labute approximate surface area is 120 Å². The normalized spacial score (nSPS) is 21.4. The first-order valence-electron chi connectivity index (χ1n) is 7.05. The molecule has 0 bridgehead atoms. The summed E-state index contributed by atoms with van der Waals surface area (Å²) in [7, 11) is 1.75. The Morgan fingerprint density at radius 2 is 2.25 bits per heavy atom. The first-order valence-corrected chi connectivity index (χ1v) is 7.05. The van der Waals surface area contributed by atoms with Crippen molar-refractivity contribution in [2.45, 2.75) is 24.9 Å². The minimum atomic E-state index is -0.239. The molecule has 0 spiro atoms. The van der Waals surface area contributed by atoms with Crippen molar-refractivity contribution in [2.24, 2.45) is 5.84 Å². The van der Waals surface area contributed by atoms with E-state index in [1.54, 1.807) is 7.11 Å². The molecule has 0 aliphatic carbocycles. The van der Waals surface area contributed by atoms with Gasteiger partial charge in [0.15, 0.2) is 0 Å². The van der Waals surface area contributed by atoms with Gasteiger partial charge >= 0.3 is 0 Å². The van der Waals surface area contributed by atoms with Gasteiger partial charge in [0, 0.05) is 20.2 Å². The number of nitrogens with zero attached hydrogens (tertiary/aromatic N) is 1. The number of methoxy groups -OCH3 is 1. The zero-order valence-corrected chi connectivity index (χ0v) is 11.9. The fourth-order valence-electron chi connectivity index (χ4n) is 2.76. The van der Waals surface area contributed by atoms with Gasteiger partial charge in [0.1, 0.15) is 0 Å². The lowest BCUT2D eigenvalue weighted by molar-refractivity contribution is -0.123. The maximum atomic E-state index is 12.0. The van der Waals surface area contributed by atoms with Crippen LogP contribution < -0.4 is 11.3 Å². The standard InChI is InChI=1S/C15H23N3O2/c1-20-13-8-5-9-18(10-13)11-14(15(19)17-16)12-6-3-2-4-7-12/h2-4,6-7,13-14H,5,8-11,16H2,1H3,(H,17,19). The molecule has 5 heteroatoms. The summed E-state index contributed by atoms with van der Waals surface area (Å²) in [6.07, 6.45) is 2.46. The highest BCUT2D eigenvalue weighted by Gasteiger charge is 2.26. The molecule has 2 unspecified atom stereocenters. The molecule has 1 heterocycles. The second kappa shape index (κ2) is 7.38. The van der Waals surface area contributed by atoms with Crippen LogP contribution in [-0.4, -0.2) is 43.7 Å². The number of nitrogens with two attached hydrogens (primary N) is 1. The quantitative estimate of drug-likeness (QED) is 0.476. The number of hydrogen-bond donors (Lipinski definition) is 2. The Morgan fingerprint density at radius 1 is 1.50 bits per heavy atom. The molecule has 2 rings (SSSR count). The van der Waals surface area contributed by atoms with E-state index in [9.17, 15) is 4.79 Å². The third kappa shape index (κ3) is 3.79. The molecule has 1 amide bonds. The Balaban J connectivity index is 2.06. The Morgan fingerprint density at radius 3 is 2.90 bits per heavy atom. The fraction of sp³-hybridized carbons (Fsp3) is 0.533. The van der Waals surface area contributed by atoms with E-state index in [1.165, 1.54) is 0 Å². The molecular formula is C15H23N3O2. The summed E-state index contributed by atoms with van der Waals surface area (Å²) in [4.78, 5) is 14.3. The van der Waals surface area contributed by atoms with Crippen LogP contribution >= 0.6 is 0 Å². The molecule has 1 aromatic carbocycles. The average molecular weight is 277 g/mol. The highest BCUT2D eigenvalue weighted by Crippen LogP contribution is 2.20. The van der Waals surface area contributed by atoms with Gasteiger partial charge < -0.3 is 4.74 Å². The summed E-state index contributed by atoms with van der Waals surface area (Å²) in [5, 5.41) is 0. The Kier molecular flexibility index (Phi) is 5.52. The molecule has 0 saturated carbocycles. The molecule has 3 N–H and O–H groups in total. The lowest BCUT2D eigenvalue weighted by Gasteiger charge is -2.34. The predicted molar refractivity (Wildman–Crippen MR) is 78.0 cm³/mol. The molecule has 0 aromatic heterocycles. The Bertz CT molecular complexity index is 424. The second-order valence-electron chi connectivity index (χ2n) is 5.23. The summed E-state index contributed by atoms with van der Waals surface area (Å²) >= 11 is 0. The first kappa shape index (κ1) is 15.0. The zero-order chi connectivity index (χ0) is 14.4. The van der Waals surface area contributed by atoms with Crippen LogP contribution in [-0.2, 0) is 9.53 Å². The van der Waals surface area contributed by atoms with Crippen LogP contribution in [0.5, 0.6) is 0 Å². The lowest BCUT2D eigenvalue weighted by atomic mass is 9.96. The van der Waals surface area contributed by atoms with Crippen LogP contribution in [0.4, 0.5) is 0 Å². The molecule has 0 radical (unpaired) electrons. The monoisotopic (exact) mass is 277 g/mol. The second-order valence-corrected chi connectivity index (χ2v) is 5.23. The van der Waals surface area contributed by atoms with Gasteiger partial charge in [-0.3, -0.25) is 15.1 Å². The minimum Gasteiger partial charge on any atom is -0.380 e.